The van der Waals surface area contributed by atoms with Gasteiger partial charge >= 0.3 is 0 Å². The second kappa shape index (κ2) is 6.94. The maximum atomic E-state index is 12.2. The SMILES string of the molecule is CCC1CCC(O)(CNC(=O)c2ccccc2OC)CC1. The van der Waals surface area contributed by atoms with Crippen LogP contribution >= 0.6 is 0 Å². The monoisotopic (exact) mass is 291 g/mol. The molecule has 0 radical (unpaired) electrons. The van der Waals surface area contributed by atoms with Crippen LogP contribution in [0.1, 0.15) is 49.4 Å². The van der Waals surface area contributed by atoms with E-state index >= 15 is 0 Å². The molecule has 0 atom stereocenters. The maximum Gasteiger partial charge on any atom is 0.255 e. The third kappa shape index (κ3) is 3.97. The molecule has 1 amide bonds. The average Bonchev–Trinajstić information content (AvgIpc) is 2.53. The smallest absolute Gasteiger partial charge is 0.255 e. The summed E-state index contributed by atoms with van der Waals surface area (Å²) < 4.78 is 5.19. The third-order valence-electron chi connectivity index (χ3n) is 4.54. The first kappa shape index (κ1) is 15.8. The second-order valence-corrected chi connectivity index (χ2v) is 5.96. The van der Waals surface area contributed by atoms with Crippen LogP contribution < -0.4 is 10.1 Å². The highest BCUT2D eigenvalue weighted by Crippen LogP contribution is 2.33. The van der Waals surface area contributed by atoms with Crippen molar-refractivity contribution < 1.29 is 14.6 Å². The number of ether oxygens (including phenoxy) is 1. The van der Waals surface area contributed by atoms with Crippen LogP contribution in [0.25, 0.3) is 0 Å². The highest BCUT2D eigenvalue weighted by Gasteiger charge is 2.33. The van der Waals surface area contributed by atoms with Crippen molar-refractivity contribution >= 4 is 5.91 Å². The number of carbonyl (C=O) groups excluding carboxylic acids is 1. The van der Waals surface area contributed by atoms with Crippen LogP contribution in [0.4, 0.5) is 0 Å². The fourth-order valence-corrected chi connectivity index (χ4v) is 2.97. The van der Waals surface area contributed by atoms with Crippen molar-refractivity contribution in [2.45, 2.75) is 44.6 Å². The number of amides is 1. The van der Waals surface area contributed by atoms with Gasteiger partial charge in [-0.3, -0.25) is 4.79 Å². The molecule has 1 aromatic carbocycles. The predicted molar refractivity (Wildman–Crippen MR) is 82.5 cm³/mol. The first-order chi connectivity index (χ1) is 10.1. The van der Waals surface area contributed by atoms with Crippen LogP contribution in [0.3, 0.4) is 0 Å². The summed E-state index contributed by atoms with van der Waals surface area (Å²) in [5.74, 6) is 1.07. The molecule has 21 heavy (non-hydrogen) atoms. The van der Waals surface area contributed by atoms with Crippen LogP contribution in [0.15, 0.2) is 24.3 Å². The van der Waals surface area contributed by atoms with Crippen molar-refractivity contribution in [1.82, 2.24) is 5.32 Å². The number of hydrogen-bond acceptors (Lipinski definition) is 3. The number of rotatable bonds is 5. The average molecular weight is 291 g/mol. The fraction of sp³-hybridized carbons (Fsp3) is 0.588. The topological polar surface area (TPSA) is 58.6 Å². The van der Waals surface area contributed by atoms with E-state index in [4.69, 9.17) is 4.74 Å². The number of aliphatic hydroxyl groups is 1. The van der Waals surface area contributed by atoms with Gasteiger partial charge in [0.15, 0.2) is 0 Å². The molecule has 2 N–H and O–H groups in total. The Kier molecular flexibility index (Phi) is 5.23. The Hall–Kier alpha value is -1.55. The Morgan fingerprint density at radius 2 is 2.05 bits per heavy atom. The maximum absolute atomic E-state index is 12.2. The molecular weight excluding hydrogens is 266 g/mol. The van der Waals surface area contributed by atoms with Crippen molar-refractivity contribution in [2.75, 3.05) is 13.7 Å². The highest BCUT2D eigenvalue weighted by atomic mass is 16.5. The first-order valence-electron chi connectivity index (χ1n) is 7.71. The van der Waals surface area contributed by atoms with Crippen LogP contribution in [0.2, 0.25) is 0 Å². The Morgan fingerprint density at radius 1 is 1.38 bits per heavy atom. The third-order valence-corrected chi connectivity index (χ3v) is 4.54. The van der Waals surface area contributed by atoms with Gasteiger partial charge in [-0.15, -0.1) is 0 Å². The molecule has 1 saturated carbocycles. The largest absolute Gasteiger partial charge is 0.496 e. The van der Waals surface area contributed by atoms with Crippen molar-refractivity contribution in [2.24, 2.45) is 5.92 Å². The quantitative estimate of drug-likeness (QED) is 0.877. The number of carbonyl (C=O) groups is 1. The fourth-order valence-electron chi connectivity index (χ4n) is 2.97. The van der Waals surface area contributed by atoms with Gasteiger partial charge in [-0.1, -0.05) is 25.5 Å². The zero-order valence-electron chi connectivity index (χ0n) is 12.9. The zero-order chi connectivity index (χ0) is 15.3. The molecule has 1 aliphatic carbocycles. The number of methoxy groups -OCH3 is 1. The van der Waals surface area contributed by atoms with Crippen LogP contribution in [0, 0.1) is 5.92 Å². The lowest BCUT2D eigenvalue weighted by Gasteiger charge is -2.35. The molecule has 1 aliphatic rings. The summed E-state index contributed by atoms with van der Waals surface area (Å²) >= 11 is 0. The van der Waals surface area contributed by atoms with E-state index in [-0.39, 0.29) is 5.91 Å². The Labute approximate surface area is 126 Å². The molecule has 0 bridgehead atoms. The Bertz CT molecular complexity index is 479. The molecule has 4 heteroatoms. The molecule has 0 aliphatic heterocycles. The molecule has 0 heterocycles. The van der Waals surface area contributed by atoms with Gasteiger partial charge in [-0.25, -0.2) is 0 Å². The van der Waals surface area contributed by atoms with E-state index < -0.39 is 5.60 Å². The minimum Gasteiger partial charge on any atom is -0.496 e. The number of nitrogens with one attached hydrogen (secondary N) is 1. The van der Waals surface area contributed by atoms with Gasteiger partial charge in [0.2, 0.25) is 0 Å². The van der Waals surface area contributed by atoms with Gasteiger partial charge in [0.1, 0.15) is 5.75 Å². The normalized spacial score (nSPS) is 25.4. The number of para-hydroxylation sites is 1. The predicted octanol–water partition coefficient (Wildman–Crippen LogP) is 2.76. The standard InChI is InChI=1S/C17H25NO3/c1-3-13-8-10-17(20,11-9-13)12-18-16(19)14-6-4-5-7-15(14)21-2/h4-7,13,20H,3,8-12H2,1-2H3,(H,18,19). The molecule has 0 saturated heterocycles. The molecule has 4 nitrogen and oxygen atoms in total. The molecule has 0 spiro atoms. The lowest BCUT2D eigenvalue weighted by molar-refractivity contribution is -0.00788. The minimum atomic E-state index is -0.761. The van der Waals surface area contributed by atoms with Crippen molar-refractivity contribution in [3.05, 3.63) is 29.8 Å². The summed E-state index contributed by atoms with van der Waals surface area (Å²) in [7, 11) is 1.55. The van der Waals surface area contributed by atoms with Crippen molar-refractivity contribution in [1.29, 1.82) is 0 Å². The van der Waals surface area contributed by atoms with Gasteiger partial charge in [0.05, 0.1) is 18.3 Å². The Morgan fingerprint density at radius 3 is 2.67 bits per heavy atom. The van der Waals surface area contributed by atoms with Gasteiger partial charge in [0, 0.05) is 6.54 Å². The van der Waals surface area contributed by atoms with Crippen molar-refractivity contribution in [3.8, 4) is 5.75 Å². The lowest BCUT2D eigenvalue weighted by Crippen LogP contribution is -2.45. The van der Waals surface area contributed by atoms with E-state index in [1.54, 1.807) is 25.3 Å². The van der Waals surface area contributed by atoms with E-state index in [9.17, 15) is 9.90 Å². The second-order valence-electron chi connectivity index (χ2n) is 5.96. The number of benzene rings is 1. The van der Waals surface area contributed by atoms with Crippen molar-refractivity contribution in [3.63, 3.8) is 0 Å². The Balaban J connectivity index is 1.92. The van der Waals surface area contributed by atoms with Crippen LogP contribution in [-0.2, 0) is 0 Å². The first-order valence-corrected chi connectivity index (χ1v) is 7.71. The van der Waals surface area contributed by atoms with Gasteiger partial charge in [-0.05, 0) is 43.7 Å². The zero-order valence-corrected chi connectivity index (χ0v) is 12.9. The van der Waals surface area contributed by atoms with Crippen LogP contribution in [-0.4, -0.2) is 30.3 Å². The van der Waals surface area contributed by atoms with E-state index in [0.29, 0.717) is 17.9 Å². The summed E-state index contributed by atoms with van der Waals surface area (Å²) in [6.07, 6.45) is 4.77. The highest BCUT2D eigenvalue weighted by molar-refractivity contribution is 5.96. The van der Waals surface area contributed by atoms with E-state index in [1.807, 2.05) is 6.07 Å². The molecule has 2 rings (SSSR count). The van der Waals surface area contributed by atoms with E-state index in [1.165, 1.54) is 6.42 Å². The lowest BCUT2D eigenvalue weighted by atomic mass is 9.78. The van der Waals surface area contributed by atoms with Crippen LogP contribution in [0.5, 0.6) is 5.75 Å². The van der Waals surface area contributed by atoms with E-state index in [2.05, 4.69) is 12.2 Å². The molecule has 116 valence electrons. The summed E-state index contributed by atoms with van der Waals surface area (Å²) in [5, 5.41) is 13.4. The van der Waals surface area contributed by atoms with E-state index in [0.717, 1.165) is 31.6 Å². The summed E-state index contributed by atoms with van der Waals surface area (Å²) in [6, 6.07) is 7.12. The molecule has 0 aromatic heterocycles. The van der Waals surface area contributed by atoms with Gasteiger partial charge in [-0.2, -0.15) is 0 Å². The minimum absolute atomic E-state index is 0.196. The van der Waals surface area contributed by atoms with Gasteiger partial charge in [0.25, 0.3) is 5.91 Å². The molecule has 0 unspecified atom stereocenters. The molecular formula is C17H25NO3. The summed E-state index contributed by atoms with van der Waals surface area (Å²) in [5.41, 5.74) is -0.255. The van der Waals surface area contributed by atoms with Gasteiger partial charge < -0.3 is 15.2 Å². The molecule has 1 aromatic rings. The summed E-state index contributed by atoms with van der Waals surface area (Å²) in [4.78, 5) is 12.2. The molecule has 1 fully saturated rings. The number of hydrogen-bond donors (Lipinski definition) is 2. The summed E-state index contributed by atoms with van der Waals surface area (Å²) in [6.45, 7) is 2.50.